The third kappa shape index (κ3) is 8.32. The average molecular weight is 559 g/mol. The molecule has 210 valence electrons. The Balaban J connectivity index is 1.08. The van der Waals surface area contributed by atoms with Crippen molar-refractivity contribution in [2.24, 2.45) is 0 Å². The van der Waals surface area contributed by atoms with Crippen molar-refractivity contribution in [1.82, 2.24) is 0 Å². The van der Waals surface area contributed by atoms with Gasteiger partial charge < -0.3 is 18.9 Å². The fourth-order valence-corrected chi connectivity index (χ4v) is 4.29. The highest BCUT2D eigenvalue weighted by molar-refractivity contribution is 5.99. The highest BCUT2D eigenvalue weighted by atomic mass is 16.6. The van der Waals surface area contributed by atoms with E-state index in [1.165, 1.54) is 12.2 Å². The third-order valence-electron chi connectivity index (χ3n) is 6.35. The first-order valence-electron chi connectivity index (χ1n) is 13.7. The van der Waals surface area contributed by atoms with Gasteiger partial charge in [0.25, 0.3) is 0 Å². The molecule has 0 N–H and O–H groups in total. The van der Waals surface area contributed by atoms with E-state index in [0.29, 0.717) is 11.5 Å². The van der Waals surface area contributed by atoms with Crippen LogP contribution < -0.4 is 9.47 Å². The molecule has 0 aromatic heterocycles. The Kier molecular flexibility index (Phi) is 9.61. The van der Waals surface area contributed by atoms with Crippen molar-refractivity contribution in [3.05, 3.63) is 132 Å². The van der Waals surface area contributed by atoms with Crippen LogP contribution in [-0.2, 0) is 19.1 Å². The summed E-state index contributed by atoms with van der Waals surface area (Å²) in [6.07, 6.45) is 6.26. The molecule has 42 heavy (non-hydrogen) atoms. The molecule has 0 saturated carbocycles. The number of hydrogen-bond donors (Lipinski definition) is 0. The molecule has 0 aliphatic heterocycles. The summed E-state index contributed by atoms with van der Waals surface area (Å²) in [6.45, 7) is 0.812. The standard InChI is InChI=1S/C36H30O6/c37-35(17-11-27-7-3-1-4-8-27)41-21-19-39-33-15-13-29-24-32-26-34(16-14-30(32)23-31(29)25-33)40-20-22-42-36(38)18-12-28-9-5-2-6-10-28/h1-18,23-26H,19-22H2. The minimum atomic E-state index is -0.409. The van der Waals surface area contributed by atoms with Crippen LogP contribution >= 0.6 is 0 Å². The molecular formula is C36H30O6. The van der Waals surface area contributed by atoms with Gasteiger partial charge in [0.2, 0.25) is 0 Å². The van der Waals surface area contributed by atoms with E-state index in [1.807, 2.05) is 97.1 Å². The zero-order chi connectivity index (χ0) is 29.0. The van der Waals surface area contributed by atoms with Crippen molar-refractivity contribution in [3.8, 4) is 11.5 Å². The van der Waals surface area contributed by atoms with Gasteiger partial charge in [0.05, 0.1) is 0 Å². The Morgan fingerprint density at radius 3 is 1.33 bits per heavy atom. The number of benzene rings is 5. The van der Waals surface area contributed by atoms with Crippen molar-refractivity contribution in [3.63, 3.8) is 0 Å². The minimum absolute atomic E-state index is 0.153. The number of rotatable bonds is 12. The molecule has 0 atom stereocenters. The molecule has 0 aliphatic carbocycles. The first-order valence-corrected chi connectivity index (χ1v) is 13.7. The lowest BCUT2D eigenvalue weighted by atomic mass is 10.0. The lowest BCUT2D eigenvalue weighted by Crippen LogP contribution is -2.10. The van der Waals surface area contributed by atoms with Crippen LogP contribution in [0.5, 0.6) is 11.5 Å². The highest BCUT2D eigenvalue weighted by Crippen LogP contribution is 2.28. The van der Waals surface area contributed by atoms with Gasteiger partial charge in [-0.25, -0.2) is 9.59 Å². The molecule has 0 bridgehead atoms. The predicted molar refractivity (Wildman–Crippen MR) is 165 cm³/mol. The molecule has 0 spiro atoms. The first-order chi connectivity index (χ1) is 20.6. The zero-order valence-corrected chi connectivity index (χ0v) is 23.0. The summed E-state index contributed by atoms with van der Waals surface area (Å²) in [7, 11) is 0. The summed E-state index contributed by atoms with van der Waals surface area (Å²) in [5.41, 5.74) is 1.87. The van der Waals surface area contributed by atoms with Crippen LogP contribution in [0.4, 0.5) is 0 Å². The lowest BCUT2D eigenvalue weighted by Gasteiger charge is -2.10. The van der Waals surface area contributed by atoms with Gasteiger partial charge in [-0.3, -0.25) is 0 Å². The van der Waals surface area contributed by atoms with Crippen LogP contribution in [0.15, 0.2) is 121 Å². The van der Waals surface area contributed by atoms with Gasteiger partial charge in [0.1, 0.15) is 37.9 Å². The van der Waals surface area contributed by atoms with E-state index in [4.69, 9.17) is 18.9 Å². The van der Waals surface area contributed by atoms with Crippen LogP contribution in [0.25, 0.3) is 33.7 Å². The molecule has 6 heteroatoms. The third-order valence-corrected chi connectivity index (χ3v) is 6.35. The zero-order valence-electron chi connectivity index (χ0n) is 23.0. The molecule has 0 saturated heterocycles. The molecule has 0 amide bonds. The molecule has 0 radical (unpaired) electrons. The van der Waals surface area contributed by atoms with E-state index in [1.54, 1.807) is 12.2 Å². The Labute approximate surface area is 244 Å². The Morgan fingerprint density at radius 1 is 0.476 bits per heavy atom. The van der Waals surface area contributed by atoms with Crippen LogP contribution in [0.3, 0.4) is 0 Å². The molecule has 6 nitrogen and oxygen atoms in total. The molecule has 5 rings (SSSR count). The van der Waals surface area contributed by atoms with E-state index in [0.717, 1.165) is 32.7 Å². The van der Waals surface area contributed by atoms with Crippen molar-refractivity contribution < 1.29 is 28.5 Å². The number of carbonyl (C=O) groups is 2. The fraction of sp³-hybridized carbons (Fsp3) is 0.111. The molecule has 0 unspecified atom stereocenters. The second kappa shape index (κ2) is 14.3. The van der Waals surface area contributed by atoms with Gasteiger partial charge in [-0.1, -0.05) is 72.8 Å². The quantitative estimate of drug-likeness (QED) is 0.0695. The number of carbonyl (C=O) groups excluding carboxylic acids is 2. The molecule has 5 aromatic carbocycles. The lowest BCUT2D eigenvalue weighted by molar-refractivity contribution is -0.139. The smallest absolute Gasteiger partial charge is 0.330 e. The summed E-state index contributed by atoms with van der Waals surface area (Å²) in [6, 6.07) is 35.0. The first kappa shape index (κ1) is 28.2. The second-order valence-corrected chi connectivity index (χ2v) is 9.39. The van der Waals surface area contributed by atoms with Crippen LogP contribution in [-0.4, -0.2) is 38.4 Å². The number of hydrogen-bond acceptors (Lipinski definition) is 6. The fourth-order valence-electron chi connectivity index (χ4n) is 4.29. The summed E-state index contributed by atoms with van der Waals surface area (Å²) in [4.78, 5) is 23.8. The normalized spacial score (nSPS) is 11.2. The van der Waals surface area contributed by atoms with Gasteiger partial charge >= 0.3 is 11.9 Å². The minimum Gasteiger partial charge on any atom is -0.490 e. The van der Waals surface area contributed by atoms with E-state index in [-0.39, 0.29) is 26.4 Å². The maximum Gasteiger partial charge on any atom is 0.330 e. The summed E-state index contributed by atoms with van der Waals surface area (Å²) < 4.78 is 22.1. The number of fused-ring (bicyclic) bond motifs is 2. The van der Waals surface area contributed by atoms with E-state index >= 15 is 0 Å². The van der Waals surface area contributed by atoms with E-state index in [9.17, 15) is 9.59 Å². The summed E-state index contributed by atoms with van der Waals surface area (Å²) in [5.74, 6) is 0.581. The van der Waals surface area contributed by atoms with Crippen LogP contribution in [0.2, 0.25) is 0 Å². The second-order valence-electron chi connectivity index (χ2n) is 9.39. The SMILES string of the molecule is O=C(C=Cc1ccccc1)OCCOc1ccc2cc3cc(OCCOC(=O)C=Cc4ccccc4)ccc3cc2c1. The van der Waals surface area contributed by atoms with E-state index in [2.05, 4.69) is 12.1 Å². The van der Waals surface area contributed by atoms with Crippen LogP contribution in [0.1, 0.15) is 11.1 Å². The van der Waals surface area contributed by atoms with Crippen molar-refractivity contribution >= 4 is 45.6 Å². The topological polar surface area (TPSA) is 71.1 Å². The van der Waals surface area contributed by atoms with Crippen molar-refractivity contribution in [1.29, 1.82) is 0 Å². The maximum atomic E-state index is 11.9. The summed E-state index contributed by atoms with van der Waals surface area (Å²) in [5, 5.41) is 4.19. The average Bonchev–Trinajstić information content (AvgIpc) is 3.03. The molecule has 5 aromatic rings. The highest BCUT2D eigenvalue weighted by Gasteiger charge is 2.05. The molecule has 0 aliphatic rings. The number of esters is 2. The molecule has 0 heterocycles. The van der Waals surface area contributed by atoms with Gasteiger partial charge in [0.15, 0.2) is 0 Å². The Morgan fingerprint density at radius 2 is 0.905 bits per heavy atom. The number of ether oxygens (including phenoxy) is 4. The van der Waals surface area contributed by atoms with Crippen molar-refractivity contribution in [2.45, 2.75) is 0 Å². The largest absolute Gasteiger partial charge is 0.490 e. The van der Waals surface area contributed by atoms with Gasteiger partial charge in [0, 0.05) is 12.2 Å². The van der Waals surface area contributed by atoms with Gasteiger partial charge in [-0.05, 0) is 81.2 Å². The van der Waals surface area contributed by atoms with Gasteiger partial charge in [-0.2, -0.15) is 0 Å². The van der Waals surface area contributed by atoms with Crippen LogP contribution in [0, 0.1) is 0 Å². The predicted octanol–water partition coefficient (Wildman–Crippen LogP) is 7.26. The maximum absolute atomic E-state index is 11.9. The van der Waals surface area contributed by atoms with E-state index < -0.39 is 11.9 Å². The Bertz CT molecular complexity index is 1580. The summed E-state index contributed by atoms with van der Waals surface area (Å²) >= 11 is 0. The molecular weight excluding hydrogens is 528 g/mol. The monoisotopic (exact) mass is 558 g/mol. The van der Waals surface area contributed by atoms with Crippen molar-refractivity contribution in [2.75, 3.05) is 26.4 Å². The molecule has 0 fully saturated rings. The van der Waals surface area contributed by atoms with Gasteiger partial charge in [-0.15, -0.1) is 0 Å². The Hall–Kier alpha value is -5.36.